The van der Waals surface area contributed by atoms with Crippen LogP contribution < -0.4 is 0 Å². The molecule has 2 fully saturated rings. The van der Waals surface area contributed by atoms with Gasteiger partial charge in [-0.2, -0.15) is 4.98 Å². The first-order chi connectivity index (χ1) is 11.3. The van der Waals surface area contributed by atoms with Crippen LogP contribution in [0.25, 0.3) is 11.5 Å². The van der Waals surface area contributed by atoms with Gasteiger partial charge in [0.15, 0.2) is 0 Å². The molecule has 0 spiro atoms. The lowest BCUT2D eigenvalue weighted by Crippen LogP contribution is -2.51. The van der Waals surface area contributed by atoms with Crippen LogP contribution in [0, 0.1) is 5.92 Å². The molecule has 120 valence electrons. The van der Waals surface area contributed by atoms with E-state index in [4.69, 9.17) is 4.52 Å². The van der Waals surface area contributed by atoms with E-state index in [1.54, 1.807) is 18.6 Å². The van der Waals surface area contributed by atoms with Gasteiger partial charge in [-0.05, 0) is 12.8 Å². The molecule has 0 bridgehead atoms. The number of rotatable bonds is 3. The van der Waals surface area contributed by atoms with Gasteiger partial charge in [-0.15, -0.1) is 0 Å². The number of carbonyl (C=O) groups is 1. The minimum absolute atomic E-state index is 0.139. The highest BCUT2D eigenvalue weighted by Crippen LogP contribution is 2.32. The third-order valence-corrected chi connectivity index (χ3v) is 4.73. The summed E-state index contributed by atoms with van der Waals surface area (Å²) >= 11 is 0. The summed E-state index contributed by atoms with van der Waals surface area (Å²) in [6.07, 6.45) is 10.5. The van der Waals surface area contributed by atoms with Gasteiger partial charge in [-0.3, -0.25) is 9.78 Å². The first-order valence-corrected chi connectivity index (χ1v) is 8.20. The Hall–Kier alpha value is -2.31. The highest BCUT2D eigenvalue weighted by Gasteiger charge is 2.38. The quantitative estimate of drug-likeness (QED) is 0.862. The maximum absolute atomic E-state index is 12.4. The Balaban J connectivity index is 1.37. The lowest BCUT2D eigenvalue weighted by atomic mass is 9.86. The molecule has 4 rings (SSSR count). The van der Waals surface area contributed by atoms with E-state index in [0.29, 0.717) is 36.4 Å². The second kappa shape index (κ2) is 6.06. The van der Waals surface area contributed by atoms with Crippen LogP contribution in [0.1, 0.15) is 43.9 Å². The third kappa shape index (κ3) is 2.83. The predicted molar refractivity (Wildman–Crippen MR) is 81.2 cm³/mol. The molecule has 1 amide bonds. The van der Waals surface area contributed by atoms with E-state index in [1.165, 1.54) is 19.3 Å². The van der Waals surface area contributed by atoms with Crippen molar-refractivity contribution in [2.75, 3.05) is 13.1 Å². The number of nitrogens with zero attached hydrogens (tertiary/aromatic N) is 5. The number of hydrogen-bond donors (Lipinski definition) is 0. The number of aromatic nitrogens is 4. The molecule has 7 heteroatoms. The maximum Gasteiger partial charge on any atom is 0.233 e. The van der Waals surface area contributed by atoms with E-state index in [1.807, 2.05) is 4.90 Å². The Morgan fingerprint density at radius 1 is 1.17 bits per heavy atom. The van der Waals surface area contributed by atoms with Gasteiger partial charge in [0.05, 0.1) is 12.1 Å². The Kier molecular flexibility index (Phi) is 3.77. The van der Waals surface area contributed by atoms with Crippen molar-refractivity contribution in [2.45, 2.75) is 38.0 Å². The second-order valence-corrected chi connectivity index (χ2v) is 6.32. The van der Waals surface area contributed by atoms with E-state index in [9.17, 15) is 4.79 Å². The molecule has 0 aromatic carbocycles. The fourth-order valence-electron chi connectivity index (χ4n) is 3.34. The zero-order valence-electron chi connectivity index (χ0n) is 12.9. The van der Waals surface area contributed by atoms with Gasteiger partial charge in [0.1, 0.15) is 5.69 Å². The number of amides is 1. The van der Waals surface area contributed by atoms with Crippen LogP contribution in [0.2, 0.25) is 0 Å². The smallest absolute Gasteiger partial charge is 0.233 e. The molecule has 2 aromatic rings. The summed E-state index contributed by atoms with van der Waals surface area (Å²) in [7, 11) is 0. The van der Waals surface area contributed by atoms with E-state index in [-0.39, 0.29) is 11.8 Å². The maximum atomic E-state index is 12.4. The van der Waals surface area contributed by atoms with E-state index < -0.39 is 0 Å². The van der Waals surface area contributed by atoms with Crippen molar-refractivity contribution in [3.63, 3.8) is 0 Å². The van der Waals surface area contributed by atoms with Crippen molar-refractivity contribution < 1.29 is 9.32 Å². The Labute approximate surface area is 134 Å². The molecule has 3 heterocycles. The topological polar surface area (TPSA) is 85.0 Å². The van der Waals surface area contributed by atoms with Gasteiger partial charge in [-0.1, -0.05) is 24.4 Å². The van der Waals surface area contributed by atoms with E-state index >= 15 is 0 Å². The van der Waals surface area contributed by atoms with Gasteiger partial charge in [-0.25, -0.2) is 4.98 Å². The molecule has 0 radical (unpaired) electrons. The molecule has 2 aliphatic rings. The highest BCUT2D eigenvalue weighted by molar-refractivity contribution is 5.80. The predicted octanol–water partition coefficient (Wildman–Crippen LogP) is 2.03. The fraction of sp³-hybridized carbons (Fsp3) is 0.562. The Morgan fingerprint density at radius 3 is 2.74 bits per heavy atom. The first-order valence-electron chi connectivity index (χ1n) is 8.20. The Morgan fingerprint density at radius 2 is 2.00 bits per heavy atom. The van der Waals surface area contributed by atoms with Crippen LogP contribution >= 0.6 is 0 Å². The van der Waals surface area contributed by atoms with E-state index in [0.717, 1.165) is 12.8 Å². The zero-order valence-corrected chi connectivity index (χ0v) is 12.9. The van der Waals surface area contributed by atoms with Crippen molar-refractivity contribution in [3.05, 3.63) is 24.5 Å². The van der Waals surface area contributed by atoms with Crippen molar-refractivity contribution >= 4 is 5.91 Å². The lowest BCUT2D eigenvalue weighted by molar-refractivity contribution is -0.141. The molecule has 0 N–H and O–H groups in total. The number of hydrogen-bond acceptors (Lipinski definition) is 6. The minimum atomic E-state index is 0.139. The first kappa shape index (κ1) is 14.3. The molecule has 2 aromatic heterocycles. The Bertz CT molecular complexity index is 675. The van der Waals surface area contributed by atoms with E-state index in [2.05, 4.69) is 20.1 Å². The third-order valence-electron chi connectivity index (χ3n) is 4.73. The molecule has 1 aliphatic heterocycles. The molecule has 1 saturated heterocycles. The summed E-state index contributed by atoms with van der Waals surface area (Å²) < 4.78 is 5.33. The van der Waals surface area contributed by atoms with Crippen LogP contribution in [0.4, 0.5) is 0 Å². The average molecular weight is 313 g/mol. The molecule has 0 atom stereocenters. The molecule has 23 heavy (non-hydrogen) atoms. The van der Waals surface area contributed by atoms with Crippen molar-refractivity contribution in [2.24, 2.45) is 5.92 Å². The monoisotopic (exact) mass is 313 g/mol. The molecule has 7 nitrogen and oxygen atoms in total. The summed E-state index contributed by atoms with van der Waals surface area (Å²) in [5, 5.41) is 3.96. The van der Waals surface area contributed by atoms with Crippen LogP contribution in [0.15, 0.2) is 23.1 Å². The standard InChI is InChI=1S/C16H19N5O2/c22-16(11-4-2-1-3-5-11)21-9-12(10-21)15-19-14(20-23-15)13-8-17-6-7-18-13/h6-8,11-12H,1-5,9-10H2. The van der Waals surface area contributed by atoms with Gasteiger partial charge < -0.3 is 9.42 Å². The van der Waals surface area contributed by atoms with Crippen molar-refractivity contribution in [1.82, 2.24) is 25.0 Å². The largest absolute Gasteiger partial charge is 0.341 e. The second-order valence-electron chi connectivity index (χ2n) is 6.32. The highest BCUT2D eigenvalue weighted by atomic mass is 16.5. The molecule has 1 aliphatic carbocycles. The van der Waals surface area contributed by atoms with Crippen LogP contribution in [-0.4, -0.2) is 44.0 Å². The summed E-state index contributed by atoms with van der Waals surface area (Å²) in [6.45, 7) is 1.36. The van der Waals surface area contributed by atoms with Gasteiger partial charge in [0, 0.05) is 31.4 Å². The fourth-order valence-corrected chi connectivity index (χ4v) is 3.34. The summed E-state index contributed by atoms with van der Waals surface area (Å²) in [4.78, 5) is 26.9. The van der Waals surface area contributed by atoms with Crippen molar-refractivity contribution in [1.29, 1.82) is 0 Å². The van der Waals surface area contributed by atoms with Crippen LogP contribution in [0.3, 0.4) is 0 Å². The number of carbonyl (C=O) groups excluding carboxylic acids is 1. The molecular formula is C16H19N5O2. The van der Waals surface area contributed by atoms with Gasteiger partial charge in [0.2, 0.25) is 17.6 Å². The van der Waals surface area contributed by atoms with Gasteiger partial charge in [0.25, 0.3) is 0 Å². The zero-order chi connectivity index (χ0) is 15.6. The van der Waals surface area contributed by atoms with Crippen LogP contribution in [0.5, 0.6) is 0 Å². The molecular weight excluding hydrogens is 294 g/mol. The summed E-state index contributed by atoms with van der Waals surface area (Å²) in [5.41, 5.74) is 0.594. The number of likely N-dealkylation sites (tertiary alicyclic amines) is 1. The molecule has 0 unspecified atom stereocenters. The minimum Gasteiger partial charge on any atom is -0.341 e. The summed E-state index contributed by atoms with van der Waals surface area (Å²) in [6, 6.07) is 0. The lowest BCUT2D eigenvalue weighted by Gasteiger charge is -2.39. The molecule has 1 saturated carbocycles. The van der Waals surface area contributed by atoms with Crippen molar-refractivity contribution in [3.8, 4) is 11.5 Å². The summed E-state index contributed by atoms with van der Waals surface area (Å²) in [5.74, 6) is 1.70. The SMILES string of the molecule is O=C(C1CCCCC1)N1CC(c2nc(-c3cnccn3)no2)C1. The van der Waals surface area contributed by atoms with Gasteiger partial charge >= 0.3 is 0 Å². The normalized spacial score (nSPS) is 19.6. The van der Waals surface area contributed by atoms with Crippen LogP contribution in [-0.2, 0) is 4.79 Å². The average Bonchev–Trinajstić information content (AvgIpc) is 3.05.